The fourth-order valence-electron chi connectivity index (χ4n) is 4.61. The van der Waals surface area contributed by atoms with Crippen LogP contribution in [0.4, 0.5) is 5.95 Å². The molecule has 0 amide bonds. The number of para-hydroxylation sites is 3. The number of fused-ring (bicyclic) bond motifs is 3. The van der Waals surface area contributed by atoms with Gasteiger partial charge in [0, 0.05) is 23.3 Å². The van der Waals surface area contributed by atoms with Crippen LogP contribution >= 0.6 is 0 Å². The van der Waals surface area contributed by atoms with Crippen LogP contribution in [-0.2, 0) is 4.79 Å². The number of anilines is 1. The Bertz CT molecular complexity index is 1140. The highest BCUT2D eigenvalue weighted by Gasteiger charge is 2.42. The van der Waals surface area contributed by atoms with Gasteiger partial charge in [-0.05, 0) is 30.0 Å². The Balaban J connectivity index is 1.82. The molecule has 0 bridgehead atoms. The zero-order valence-electron chi connectivity index (χ0n) is 16.3. The number of nitrogens with zero attached hydrogens (tertiary/aromatic N) is 2. The number of nitrogens with one attached hydrogen (secondary N) is 1. The largest absolute Gasteiger partial charge is 0.496 e. The fraction of sp³-hybridized carbons (Fsp3) is 0.304. The number of hydrogen-bond acceptors (Lipinski definition) is 4. The lowest BCUT2D eigenvalue weighted by Gasteiger charge is -2.39. The summed E-state index contributed by atoms with van der Waals surface area (Å²) in [5, 5.41) is 3.48. The molecule has 142 valence electrons. The molecule has 0 saturated heterocycles. The molecule has 0 radical (unpaired) electrons. The second-order valence-electron chi connectivity index (χ2n) is 8.40. The Hall–Kier alpha value is -3.08. The first kappa shape index (κ1) is 17.0. The Kier molecular flexibility index (Phi) is 3.63. The number of aromatic nitrogens is 2. The molecule has 5 heteroatoms. The van der Waals surface area contributed by atoms with Crippen molar-refractivity contribution >= 4 is 22.8 Å². The summed E-state index contributed by atoms with van der Waals surface area (Å²) in [6, 6.07) is 15.8. The van der Waals surface area contributed by atoms with Gasteiger partial charge < -0.3 is 10.1 Å². The monoisotopic (exact) mass is 373 g/mol. The molecule has 1 atom stereocenters. The molecule has 2 heterocycles. The SMILES string of the molecule is COc1ccccc1C1C2=C(CC(C)(C)CC2=O)Nc2nc3ccccc3n21. The summed E-state index contributed by atoms with van der Waals surface area (Å²) in [5.41, 5.74) is 4.65. The maximum Gasteiger partial charge on any atom is 0.209 e. The van der Waals surface area contributed by atoms with Crippen LogP contribution in [0.1, 0.15) is 38.3 Å². The number of methoxy groups -OCH3 is 1. The topological polar surface area (TPSA) is 56.1 Å². The minimum Gasteiger partial charge on any atom is -0.496 e. The molecule has 1 unspecified atom stereocenters. The Morgan fingerprint density at radius 2 is 1.86 bits per heavy atom. The van der Waals surface area contributed by atoms with Gasteiger partial charge in [-0.15, -0.1) is 0 Å². The van der Waals surface area contributed by atoms with Crippen LogP contribution in [0, 0.1) is 5.41 Å². The molecule has 2 aliphatic rings. The maximum atomic E-state index is 13.3. The van der Waals surface area contributed by atoms with Gasteiger partial charge in [0.05, 0.1) is 24.2 Å². The number of Topliss-reactive ketones (excluding diaryl/α,β-unsaturated/α-hetero) is 1. The molecule has 1 N–H and O–H groups in total. The molecule has 1 aliphatic heterocycles. The summed E-state index contributed by atoms with van der Waals surface area (Å²) in [6.07, 6.45) is 1.37. The van der Waals surface area contributed by atoms with Crippen LogP contribution in [0.3, 0.4) is 0 Å². The van der Waals surface area contributed by atoms with E-state index < -0.39 is 0 Å². The number of hydrogen-bond donors (Lipinski definition) is 1. The van der Waals surface area contributed by atoms with Crippen molar-refractivity contribution in [2.24, 2.45) is 5.41 Å². The zero-order valence-corrected chi connectivity index (χ0v) is 16.3. The third-order valence-electron chi connectivity index (χ3n) is 5.74. The number of ether oxygens (including phenoxy) is 1. The van der Waals surface area contributed by atoms with Crippen molar-refractivity contribution in [1.82, 2.24) is 9.55 Å². The second kappa shape index (κ2) is 5.96. The molecule has 2 aromatic carbocycles. The Morgan fingerprint density at radius 1 is 1.11 bits per heavy atom. The number of rotatable bonds is 2. The van der Waals surface area contributed by atoms with Crippen LogP contribution < -0.4 is 10.1 Å². The minimum absolute atomic E-state index is 0.0670. The van der Waals surface area contributed by atoms with Gasteiger partial charge in [-0.25, -0.2) is 4.98 Å². The van der Waals surface area contributed by atoms with Gasteiger partial charge in [0.25, 0.3) is 0 Å². The summed E-state index contributed by atoms with van der Waals surface area (Å²) in [5.74, 6) is 1.75. The van der Waals surface area contributed by atoms with Crippen LogP contribution in [0.5, 0.6) is 5.75 Å². The second-order valence-corrected chi connectivity index (χ2v) is 8.40. The van der Waals surface area contributed by atoms with Gasteiger partial charge >= 0.3 is 0 Å². The van der Waals surface area contributed by atoms with E-state index in [-0.39, 0.29) is 17.2 Å². The van der Waals surface area contributed by atoms with Crippen molar-refractivity contribution in [3.8, 4) is 5.75 Å². The predicted octanol–water partition coefficient (Wildman–Crippen LogP) is 4.70. The van der Waals surface area contributed by atoms with E-state index in [1.54, 1.807) is 7.11 Å². The molecule has 0 saturated carbocycles. The molecular formula is C23H23N3O2. The van der Waals surface area contributed by atoms with Gasteiger partial charge in [-0.2, -0.15) is 0 Å². The van der Waals surface area contributed by atoms with Crippen molar-refractivity contribution in [2.45, 2.75) is 32.7 Å². The third kappa shape index (κ3) is 2.46. The molecule has 1 aromatic heterocycles. The number of imidazole rings is 1. The van der Waals surface area contributed by atoms with Gasteiger partial charge in [0.2, 0.25) is 5.95 Å². The molecule has 0 fully saturated rings. The van der Waals surface area contributed by atoms with E-state index in [1.165, 1.54) is 0 Å². The lowest BCUT2D eigenvalue weighted by atomic mass is 9.73. The quantitative estimate of drug-likeness (QED) is 0.707. The van der Waals surface area contributed by atoms with E-state index >= 15 is 0 Å². The zero-order chi connectivity index (χ0) is 19.5. The van der Waals surface area contributed by atoms with Gasteiger partial charge in [0.15, 0.2) is 5.78 Å². The van der Waals surface area contributed by atoms with Crippen molar-refractivity contribution in [3.63, 3.8) is 0 Å². The molecular weight excluding hydrogens is 350 g/mol. The van der Waals surface area contributed by atoms with Crippen LogP contribution in [0.15, 0.2) is 59.8 Å². The minimum atomic E-state index is -0.251. The summed E-state index contributed by atoms with van der Waals surface area (Å²) in [7, 11) is 1.67. The van der Waals surface area contributed by atoms with E-state index in [0.717, 1.165) is 46.0 Å². The van der Waals surface area contributed by atoms with Crippen LogP contribution in [-0.4, -0.2) is 22.4 Å². The average Bonchev–Trinajstić information content (AvgIpc) is 3.03. The highest BCUT2D eigenvalue weighted by atomic mass is 16.5. The van der Waals surface area contributed by atoms with Crippen molar-refractivity contribution in [2.75, 3.05) is 12.4 Å². The van der Waals surface area contributed by atoms with Gasteiger partial charge in [-0.3, -0.25) is 9.36 Å². The van der Waals surface area contributed by atoms with Gasteiger partial charge in [0.1, 0.15) is 5.75 Å². The fourth-order valence-corrected chi connectivity index (χ4v) is 4.61. The van der Waals surface area contributed by atoms with E-state index in [0.29, 0.717) is 6.42 Å². The summed E-state index contributed by atoms with van der Waals surface area (Å²) in [6.45, 7) is 4.29. The third-order valence-corrected chi connectivity index (χ3v) is 5.74. The first-order chi connectivity index (χ1) is 13.5. The molecule has 0 spiro atoms. The molecule has 1 aliphatic carbocycles. The van der Waals surface area contributed by atoms with Crippen LogP contribution in [0.25, 0.3) is 11.0 Å². The predicted molar refractivity (Wildman–Crippen MR) is 110 cm³/mol. The van der Waals surface area contributed by atoms with E-state index in [4.69, 9.17) is 9.72 Å². The molecule has 3 aromatic rings. The summed E-state index contributed by atoms with van der Waals surface area (Å²) >= 11 is 0. The normalized spacial score (nSPS) is 20.5. The van der Waals surface area contributed by atoms with Crippen molar-refractivity contribution < 1.29 is 9.53 Å². The molecule has 28 heavy (non-hydrogen) atoms. The van der Waals surface area contributed by atoms with E-state index in [2.05, 4.69) is 29.8 Å². The van der Waals surface area contributed by atoms with Crippen molar-refractivity contribution in [3.05, 3.63) is 65.4 Å². The van der Waals surface area contributed by atoms with E-state index in [1.807, 2.05) is 42.5 Å². The average molecular weight is 373 g/mol. The van der Waals surface area contributed by atoms with Crippen molar-refractivity contribution in [1.29, 1.82) is 0 Å². The lowest BCUT2D eigenvalue weighted by Crippen LogP contribution is -2.36. The summed E-state index contributed by atoms with van der Waals surface area (Å²) < 4.78 is 7.81. The van der Waals surface area contributed by atoms with Gasteiger partial charge in [-0.1, -0.05) is 44.2 Å². The first-order valence-electron chi connectivity index (χ1n) is 9.62. The van der Waals surface area contributed by atoms with E-state index in [9.17, 15) is 4.79 Å². The number of allylic oxidation sites excluding steroid dienone is 2. The first-order valence-corrected chi connectivity index (χ1v) is 9.62. The van der Waals surface area contributed by atoms with Crippen LogP contribution in [0.2, 0.25) is 0 Å². The molecule has 5 rings (SSSR count). The maximum absolute atomic E-state index is 13.3. The smallest absolute Gasteiger partial charge is 0.209 e. The molecule has 5 nitrogen and oxygen atoms in total. The lowest BCUT2D eigenvalue weighted by molar-refractivity contribution is -0.118. The highest BCUT2D eigenvalue weighted by Crippen LogP contribution is 2.48. The highest BCUT2D eigenvalue weighted by molar-refractivity contribution is 6.01. The Labute approximate surface area is 164 Å². The number of ketones is 1. The number of benzene rings is 2. The Morgan fingerprint density at radius 3 is 2.68 bits per heavy atom. The number of carbonyl (C=O) groups excluding carboxylic acids is 1. The summed E-state index contributed by atoms with van der Waals surface area (Å²) in [4.78, 5) is 18.1. The number of carbonyl (C=O) groups is 1. The standard InChI is InChI=1S/C23H23N3O2/c1-23(2)12-16-20(18(27)13-23)21(14-8-4-7-11-19(14)28-3)26-17-10-6-5-9-15(17)24-22(26)25-16/h4-11,21H,12-13H2,1-3H3,(H,24,25).